The number of hydrogen-bond acceptors (Lipinski definition) is 5. The molecule has 1 fully saturated rings. The molecule has 1 N–H and O–H groups in total. The van der Waals surface area contributed by atoms with Crippen LogP contribution < -0.4 is 4.74 Å². The van der Waals surface area contributed by atoms with E-state index in [1.54, 1.807) is 19.2 Å². The Kier molecular flexibility index (Phi) is 5.19. The van der Waals surface area contributed by atoms with Crippen molar-refractivity contribution in [3.05, 3.63) is 23.8 Å². The van der Waals surface area contributed by atoms with Gasteiger partial charge in [0.2, 0.25) is 0 Å². The Morgan fingerprint density at radius 3 is 2.57 bits per heavy atom. The standard InChI is InChI=1S/C18H27NO4/c1-18(2,3)19-10-12(9-16(21)23-5)13(11-19)17-14(20)7-6-8-15(17)22-4/h6-8,12-13,20H,9-11H2,1-5H3/t12-,13-/m1/s1. The first-order valence-electron chi connectivity index (χ1n) is 7.95. The van der Waals surface area contributed by atoms with E-state index in [0.717, 1.165) is 18.7 Å². The van der Waals surface area contributed by atoms with Crippen molar-refractivity contribution >= 4 is 5.97 Å². The van der Waals surface area contributed by atoms with Crippen molar-refractivity contribution in [3.63, 3.8) is 0 Å². The molecule has 0 spiro atoms. The molecule has 1 heterocycles. The van der Waals surface area contributed by atoms with Crippen LogP contribution in [0.25, 0.3) is 0 Å². The normalized spacial score (nSPS) is 22.1. The largest absolute Gasteiger partial charge is 0.508 e. The van der Waals surface area contributed by atoms with Gasteiger partial charge in [0, 0.05) is 30.1 Å². The van der Waals surface area contributed by atoms with Gasteiger partial charge in [0.15, 0.2) is 0 Å². The molecule has 0 aliphatic carbocycles. The molecule has 23 heavy (non-hydrogen) atoms. The molecule has 1 aliphatic rings. The summed E-state index contributed by atoms with van der Waals surface area (Å²) in [4.78, 5) is 14.2. The highest BCUT2D eigenvalue weighted by Gasteiger charge is 2.41. The minimum absolute atomic E-state index is 0.000748. The van der Waals surface area contributed by atoms with Gasteiger partial charge in [0.1, 0.15) is 11.5 Å². The summed E-state index contributed by atoms with van der Waals surface area (Å²) in [6.07, 6.45) is 0.339. The fourth-order valence-corrected chi connectivity index (χ4v) is 3.33. The molecule has 2 atom stereocenters. The van der Waals surface area contributed by atoms with E-state index in [1.807, 2.05) is 6.07 Å². The van der Waals surface area contributed by atoms with Crippen molar-refractivity contribution in [2.75, 3.05) is 27.3 Å². The van der Waals surface area contributed by atoms with Gasteiger partial charge in [-0.2, -0.15) is 0 Å². The van der Waals surface area contributed by atoms with Gasteiger partial charge in [-0.1, -0.05) is 6.07 Å². The van der Waals surface area contributed by atoms with Crippen LogP contribution in [-0.4, -0.2) is 48.8 Å². The van der Waals surface area contributed by atoms with E-state index in [0.29, 0.717) is 12.2 Å². The van der Waals surface area contributed by atoms with Gasteiger partial charge in [-0.25, -0.2) is 0 Å². The minimum Gasteiger partial charge on any atom is -0.508 e. The summed E-state index contributed by atoms with van der Waals surface area (Å²) >= 11 is 0. The predicted molar refractivity (Wildman–Crippen MR) is 88.8 cm³/mol. The lowest BCUT2D eigenvalue weighted by Crippen LogP contribution is -2.39. The van der Waals surface area contributed by atoms with Gasteiger partial charge in [-0.05, 0) is 38.8 Å². The van der Waals surface area contributed by atoms with Crippen LogP contribution in [0.2, 0.25) is 0 Å². The number of carbonyl (C=O) groups excluding carboxylic acids is 1. The number of carbonyl (C=O) groups is 1. The van der Waals surface area contributed by atoms with E-state index in [4.69, 9.17) is 9.47 Å². The number of benzene rings is 1. The number of aromatic hydroxyl groups is 1. The van der Waals surface area contributed by atoms with E-state index in [-0.39, 0.29) is 29.1 Å². The Morgan fingerprint density at radius 1 is 1.30 bits per heavy atom. The summed E-state index contributed by atoms with van der Waals surface area (Å²) in [5, 5.41) is 10.4. The summed E-state index contributed by atoms with van der Waals surface area (Å²) in [6.45, 7) is 8.05. The minimum atomic E-state index is -0.217. The third-order valence-corrected chi connectivity index (χ3v) is 4.68. The molecule has 0 bridgehead atoms. The molecule has 0 saturated carbocycles. The SMILES string of the molecule is COC(=O)C[C@@H]1CN(C(C)(C)C)C[C@H]1c1c(O)cccc1OC. The second kappa shape index (κ2) is 6.79. The quantitative estimate of drug-likeness (QED) is 0.864. The smallest absolute Gasteiger partial charge is 0.305 e. The van der Waals surface area contributed by atoms with Crippen molar-refractivity contribution in [3.8, 4) is 11.5 Å². The number of hydrogen-bond donors (Lipinski definition) is 1. The number of likely N-dealkylation sites (tertiary alicyclic amines) is 1. The molecule has 1 aromatic carbocycles. The van der Waals surface area contributed by atoms with Crippen molar-refractivity contribution in [1.29, 1.82) is 0 Å². The molecule has 1 aromatic rings. The van der Waals surface area contributed by atoms with Crippen LogP contribution >= 0.6 is 0 Å². The molecule has 0 amide bonds. The molecule has 5 nitrogen and oxygen atoms in total. The maximum Gasteiger partial charge on any atom is 0.305 e. The van der Waals surface area contributed by atoms with Crippen molar-refractivity contribution < 1.29 is 19.4 Å². The summed E-state index contributed by atoms with van der Waals surface area (Å²) < 4.78 is 10.3. The second-order valence-electron chi connectivity index (χ2n) is 7.12. The number of nitrogens with zero attached hydrogens (tertiary/aromatic N) is 1. The van der Waals surface area contributed by atoms with Crippen LogP contribution in [0.5, 0.6) is 11.5 Å². The highest BCUT2D eigenvalue weighted by molar-refractivity contribution is 5.70. The molecule has 5 heteroatoms. The van der Waals surface area contributed by atoms with E-state index in [1.165, 1.54) is 7.11 Å². The average Bonchev–Trinajstić information content (AvgIpc) is 2.90. The lowest BCUT2D eigenvalue weighted by Gasteiger charge is -2.32. The molecule has 128 valence electrons. The third-order valence-electron chi connectivity index (χ3n) is 4.68. The van der Waals surface area contributed by atoms with E-state index >= 15 is 0 Å². The molecule has 2 rings (SSSR count). The van der Waals surface area contributed by atoms with Crippen molar-refractivity contribution in [2.24, 2.45) is 5.92 Å². The number of phenolic OH excluding ortho intramolecular Hbond substituents is 1. The Bertz CT molecular complexity index is 565. The van der Waals surface area contributed by atoms with Gasteiger partial charge in [-0.15, -0.1) is 0 Å². The monoisotopic (exact) mass is 321 g/mol. The maximum absolute atomic E-state index is 11.8. The van der Waals surface area contributed by atoms with Gasteiger partial charge in [-0.3, -0.25) is 9.69 Å². The Labute approximate surface area is 138 Å². The molecule has 0 aromatic heterocycles. The molecule has 1 saturated heterocycles. The highest BCUT2D eigenvalue weighted by Crippen LogP contribution is 2.44. The number of ether oxygens (including phenoxy) is 2. The van der Waals surface area contributed by atoms with E-state index < -0.39 is 0 Å². The fraction of sp³-hybridized carbons (Fsp3) is 0.611. The van der Waals surface area contributed by atoms with Crippen molar-refractivity contribution in [2.45, 2.75) is 38.6 Å². The van der Waals surface area contributed by atoms with Crippen LogP contribution in [0.4, 0.5) is 0 Å². The summed E-state index contributed by atoms with van der Waals surface area (Å²) in [6, 6.07) is 5.29. The first-order valence-corrected chi connectivity index (χ1v) is 7.95. The average molecular weight is 321 g/mol. The first kappa shape index (κ1) is 17.6. The zero-order chi connectivity index (χ0) is 17.2. The topological polar surface area (TPSA) is 59.0 Å². The van der Waals surface area contributed by atoms with Crippen molar-refractivity contribution in [1.82, 2.24) is 4.90 Å². The number of rotatable bonds is 4. The predicted octanol–water partition coefficient (Wildman–Crippen LogP) is 2.78. The highest BCUT2D eigenvalue weighted by atomic mass is 16.5. The summed E-state index contributed by atoms with van der Waals surface area (Å²) in [7, 11) is 3.01. The second-order valence-corrected chi connectivity index (χ2v) is 7.12. The zero-order valence-electron chi connectivity index (χ0n) is 14.6. The van der Waals surface area contributed by atoms with E-state index in [9.17, 15) is 9.90 Å². The number of phenols is 1. The Hall–Kier alpha value is -1.75. The zero-order valence-corrected chi connectivity index (χ0v) is 14.6. The first-order chi connectivity index (χ1) is 10.8. The third kappa shape index (κ3) is 3.78. The Morgan fingerprint density at radius 2 is 2.00 bits per heavy atom. The maximum atomic E-state index is 11.8. The lowest BCUT2D eigenvalue weighted by atomic mass is 9.85. The Balaban J connectivity index is 2.38. The summed E-state index contributed by atoms with van der Waals surface area (Å²) in [5.41, 5.74) is 0.788. The van der Waals surface area contributed by atoms with Crippen LogP contribution in [0, 0.1) is 5.92 Å². The van der Waals surface area contributed by atoms with Crippen LogP contribution in [0.1, 0.15) is 38.7 Å². The molecule has 0 radical (unpaired) electrons. The van der Waals surface area contributed by atoms with Crippen LogP contribution in [-0.2, 0) is 9.53 Å². The number of methoxy groups -OCH3 is 2. The van der Waals surface area contributed by atoms with E-state index in [2.05, 4.69) is 25.7 Å². The number of esters is 1. The van der Waals surface area contributed by atoms with Gasteiger partial charge in [0.05, 0.1) is 20.6 Å². The van der Waals surface area contributed by atoms with Crippen LogP contribution in [0.15, 0.2) is 18.2 Å². The lowest BCUT2D eigenvalue weighted by molar-refractivity contribution is -0.141. The molecular weight excluding hydrogens is 294 g/mol. The molecular formula is C18H27NO4. The van der Waals surface area contributed by atoms with Gasteiger partial charge in [0.25, 0.3) is 0 Å². The molecule has 1 aliphatic heterocycles. The van der Waals surface area contributed by atoms with Crippen LogP contribution in [0.3, 0.4) is 0 Å². The fourth-order valence-electron chi connectivity index (χ4n) is 3.33. The summed E-state index contributed by atoms with van der Waals surface area (Å²) in [5.74, 6) is 0.791. The van der Waals surface area contributed by atoms with Gasteiger partial charge < -0.3 is 14.6 Å². The van der Waals surface area contributed by atoms with Gasteiger partial charge >= 0.3 is 5.97 Å². The molecule has 0 unspecified atom stereocenters.